The number of esters is 1. The molecule has 0 aliphatic heterocycles. The average Bonchev–Trinajstić information content (AvgIpc) is 2.46. The maximum absolute atomic E-state index is 11.6. The van der Waals surface area contributed by atoms with Crippen molar-refractivity contribution in [3.05, 3.63) is 54.6 Å². The van der Waals surface area contributed by atoms with Gasteiger partial charge in [-0.2, -0.15) is 0 Å². The molecule has 0 unspecified atom stereocenters. The van der Waals surface area contributed by atoms with Crippen LogP contribution in [0.1, 0.15) is 20.8 Å². The lowest BCUT2D eigenvalue weighted by molar-refractivity contribution is -0.157. The Morgan fingerprint density at radius 2 is 1.55 bits per heavy atom. The van der Waals surface area contributed by atoms with Crippen LogP contribution in [0.2, 0.25) is 0 Å². The molecule has 0 saturated heterocycles. The van der Waals surface area contributed by atoms with Crippen molar-refractivity contribution in [2.24, 2.45) is 0 Å². The molecule has 4 heteroatoms. The summed E-state index contributed by atoms with van der Waals surface area (Å²) in [4.78, 5) is 13.9. The predicted octanol–water partition coefficient (Wildman–Crippen LogP) is 4.56. The molecular weight excluding hydrogens is 296 g/mol. The van der Waals surface area contributed by atoms with Gasteiger partial charge < -0.3 is 9.47 Å². The summed E-state index contributed by atoms with van der Waals surface area (Å²) in [5.41, 5.74) is -0.489. The van der Waals surface area contributed by atoms with Crippen molar-refractivity contribution in [3.8, 4) is 5.75 Å². The van der Waals surface area contributed by atoms with Gasteiger partial charge in [0, 0.05) is 9.79 Å². The number of rotatable bonds is 5. The topological polar surface area (TPSA) is 35.5 Å². The number of benzene rings is 2. The van der Waals surface area contributed by atoms with Crippen molar-refractivity contribution in [2.45, 2.75) is 36.2 Å². The Kier molecular flexibility index (Phi) is 5.50. The van der Waals surface area contributed by atoms with Gasteiger partial charge in [-0.25, -0.2) is 4.79 Å². The molecule has 0 aliphatic carbocycles. The number of ether oxygens (including phenoxy) is 2. The lowest BCUT2D eigenvalue weighted by Crippen LogP contribution is -2.27. The van der Waals surface area contributed by atoms with Gasteiger partial charge >= 0.3 is 5.97 Å². The van der Waals surface area contributed by atoms with Gasteiger partial charge in [-0.1, -0.05) is 30.0 Å². The second-order valence-corrected chi connectivity index (χ2v) is 6.91. The van der Waals surface area contributed by atoms with E-state index in [1.165, 1.54) is 4.90 Å². The smallest absolute Gasteiger partial charge is 0.344 e. The van der Waals surface area contributed by atoms with Gasteiger partial charge in [0.05, 0.1) is 0 Å². The molecule has 3 nitrogen and oxygen atoms in total. The van der Waals surface area contributed by atoms with Crippen LogP contribution in [0, 0.1) is 0 Å². The Morgan fingerprint density at radius 3 is 2.14 bits per heavy atom. The van der Waals surface area contributed by atoms with E-state index >= 15 is 0 Å². The Balaban J connectivity index is 1.86. The molecule has 2 rings (SSSR count). The van der Waals surface area contributed by atoms with Gasteiger partial charge in [-0.15, -0.1) is 0 Å². The molecule has 0 bridgehead atoms. The zero-order chi connectivity index (χ0) is 16.0. The largest absolute Gasteiger partial charge is 0.482 e. The van der Waals surface area contributed by atoms with Crippen molar-refractivity contribution in [3.63, 3.8) is 0 Å². The van der Waals surface area contributed by atoms with Crippen LogP contribution in [-0.2, 0) is 9.53 Å². The highest BCUT2D eigenvalue weighted by molar-refractivity contribution is 7.99. The normalized spacial score (nSPS) is 11.0. The molecular formula is C18H20O3S. The minimum atomic E-state index is -0.489. The van der Waals surface area contributed by atoms with E-state index in [-0.39, 0.29) is 12.6 Å². The van der Waals surface area contributed by atoms with Crippen LogP contribution < -0.4 is 4.74 Å². The Hall–Kier alpha value is -1.94. The van der Waals surface area contributed by atoms with E-state index in [0.717, 1.165) is 4.90 Å². The highest BCUT2D eigenvalue weighted by atomic mass is 32.2. The molecule has 0 saturated carbocycles. The lowest BCUT2D eigenvalue weighted by atomic mass is 10.2. The van der Waals surface area contributed by atoms with E-state index in [9.17, 15) is 4.79 Å². The second-order valence-electron chi connectivity index (χ2n) is 5.76. The van der Waals surface area contributed by atoms with Crippen LogP contribution in [0.3, 0.4) is 0 Å². The van der Waals surface area contributed by atoms with Gasteiger partial charge in [0.2, 0.25) is 0 Å². The summed E-state index contributed by atoms with van der Waals surface area (Å²) < 4.78 is 10.6. The fourth-order valence-electron chi connectivity index (χ4n) is 1.74. The first-order valence-electron chi connectivity index (χ1n) is 7.10. The van der Waals surface area contributed by atoms with Gasteiger partial charge in [0.25, 0.3) is 0 Å². The monoisotopic (exact) mass is 316 g/mol. The van der Waals surface area contributed by atoms with Gasteiger partial charge in [0.1, 0.15) is 11.4 Å². The molecule has 0 spiro atoms. The van der Waals surface area contributed by atoms with Crippen molar-refractivity contribution in [1.82, 2.24) is 0 Å². The Morgan fingerprint density at radius 1 is 0.955 bits per heavy atom. The fraction of sp³-hybridized carbons (Fsp3) is 0.278. The maximum Gasteiger partial charge on any atom is 0.344 e. The van der Waals surface area contributed by atoms with Crippen molar-refractivity contribution >= 4 is 17.7 Å². The quantitative estimate of drug-likeness (QED) is 0.758. The zero-order valence-electron chi connectivity index (χ0n) is 13.0. The second kappa shape index (κ2) is 7.36. The minimum Gasteiger partial charge on any atom is -0.482 e. The van der Waals surface area contributed by atoms with Crippen LogP contribution in [0.4, 0.5) is 0 Å². The highest BCUT2D eigenvalue weighted by Gasteiger charge is 2.16. The summed E-state index contributed by atoms with van der Waals surface area (Å²) >= 11 is 1.68. The van der Waals surface area contributed by atoms with Crippen LogP contribution in [0.25, 0.3) is 0 Å². The molecule has 2 aromatic rings. The van der Waals surface area contributed by atoms with E-state index in [4.69, 9.17) is 9.47 Å². The van der Waals surface area contributed by atoms with E-state index in [2.05, 4.69) is 12.1 Å². The Bertz CT molecular complexity index is 600. The Labute approximate surface area is 135 Å². The molecule has 0 atom stereocenters. The van der Waals surface area contributed by atoms with E-state index in [1.807, 2.05) is 63.2 Å². The zero-order valence-corrected chi connectivity index (χ0v) is 13.9. The number of carbonyl (C=O) groups excluding carboxylic acids is 1. The molecule has 0 aliphatic rings. The molecule has 22 heavy (non-hydrogen) atoms. The van der Waals surface area contributed by atoms with Gasteiger partial charge in [0.15, 0.2) is 6.61 Å². The van der Waals surface area contributed by atoms with Crippen LogP contribution in [0.15, 0.2) is 64.4 Å². The third-order valence-corrected chi connectivity index (χ3v) is 3.60. The fourth-order valence-corrected chi connectivity index (χ4v) is 2.58. The number of carbonyl (C=O) groups is 1. The maximum atomic E-state index is 11.6. The van der Waals surface area contributed by atoms with E-state index < -0.39 is 5.60 Å². The first-order valence-corrected chi connectivity index (χ1v) is 7.92. The molecule has 0 N–H and O–H groups in total. The number of hydrogen-bond donors (Lipinski definition) is 0. The summed E-state index contributed by atoms with van der Waals surface area (Å²) in [5, 5.41) is 0. The summed E-state index contributed by atoms with van der Waals surface area (Å²) in [7, 11) is 0. The standard InChI is InChI=1S/C18H20O3S/c1-18(2,3)21-17(19)13-20-14-9-11-16(12-10-14)22-15-7-5-4-6-8-15/h4-12H,13H2,1-3H3. The highest BCUT2D eigenvalue weighted by Crippen LogP contribution is 2.28. The molecule has 0 aromatic heterocycles. The SMILES string of the molecule is CC(C)(C)OC(=O)COc1ccc(Sc2ccccc2)cc1. The molecule has 0 fully saturated rings. The lowest BCUT2D eigenvalue weighted by Gasteiger charge is -2.19. The minimum absolute atomic E-state index is 0.0809. The molecule has 116 valence electrons. The van der Waals surface area contributed by atoms with E-state index in [0.29, 0.717) is 5.75 Å². The average molecular weight is 316 g/mol. The third-order valence-electron chi connectivity index (χ3n) is 2.58. The van der Waals surface area contributed by atoms with Crippen LogP contribution in [0.5, 0.6) is 5.75 Å². The van der Waals surface area contributed by atoms with Crippen molar-refractivity contribution in [2.75, 3.05) is 6.61 Å². The first-order chi connectivity index (χ1) is 10.4. The molecule has 0 amide bonds. The van der Waals surface area contributed by atoms with Gasteiger partial charge in [-0.05, 0) is 57.2 Å². The third kappa shape index (κ3) is 5.82. The summed E-state index contributed by atoms with van der Waals surface area (Å²) in [6.45, 7) is 5.42. The van der Waals surface area contributed by atoms with Crippen LogP contribution in [-0.4, -0.2) is 18.2 Å². The molecule has 2 aromatic carbocycles. The first kappa shape index (κ1) is 16.4. The summed E-state index contributed by atoms with van der Waals surface area (Å²) in [5.74, 6) is 0.290. The number of hydrogen-bond acceptors (Lipinski definition) is 4. The van der Waals surface area contributed by atoms with E-state index in [1.54, 1.807) is 11.8 Å². The molecule has 0 radical (unpaired) electrons. The van der Waals surface area contributed by atoms with Crippen molar-refractivity contribution in [1.29, 1.82) is 0 Å². The molecule has 0 heterocycles. The van der Waals surface area contributed by atoms with Gasteiger partial charge in [-0.3, -0.25) is 0 Å². The predicted molar refractivity (Wildman–Crippen MR) is 88.3 cm³/mol. The summed E-state index contributed by atoms with van der Waals surface area (Å²) in [6.07, 6.45) is 0. The van der Waals surface area contributed by atoms with Crippen LogP contribution >= 0.6 is 11.8 Å². The van der Waals surface area contributed by atoms with Crippen molar-refractivity contribution < 1.29 is 14.3 Å². The summed E-state index contributed by atoms with van der Waals surface area (Å²) in [6, 6.07) is 17.8.